The van der Waals surface area contributed by atoms with Gasteiger partial charge in [-0.2, -0.15) is 0 Å². The molecule has 0 unspecified atom stereocenters. The average molecular weight is 597 g/mol. The number of amides is 2. The highest BCUT2D eigenvalue weighted by molar-refractivity contribution is 6.48. The molecule has 0 aliphatic carbocycles. The highest BCUT2D eigenvalue weighted by Gasteiger charge is 2.35. The van der Waals surface area contributed by atoms with E-state index >= 15 is 0 Å². The number of nitrogens with one attached hydrogen (secondary N) is 1. The molecule has 0 bridgehead atoms. The number of fused-ring (bicyclic) bond motifs is 1. The largest absolute Gasteiger partial charge is 0.494 e. The summed E-state index contributed by atoms with van der Waals surface area (Å²) < 4.78 is 16.6. The smallest absolute Gasteiger partial charge is 0.407 e. The molecule has 0 spiro atoms. The van der Waals surface area contributed by atoms with Crippen LogP contribution >= 0.6 is 0 Å². The Hall–Kier alpha value is -4.92. The quantitative estimate of drug-likeness (QED) is 0.175. The van der Waals surface area contributed by atoms with Gasteiger partial charge in [-0.25, -0.2) is 14.8 Å². The second-order valence-electron chi connectivity index (χ2n) is 11.6. The van der Waals surface area contributed by atoms with Gasteiger partial charge in [-0.05, 0) is 75.6 Å². The molecule has 0 radical (unpaired) electrons. The number of benzene rings is 2. The topological polar surface area (TPSA) is 106 Å². The van der Waals surface area contributed by atoms with Crippen molar-refractivity contribution >= 4 is 35.3 Å². The minimum Gasteiger partial charge on any atom is -0.494 e. The van der Waals surface area contributed by atoms with E-state index in [9.17, 15) is 9.59 Å². The van der Waals surface area contributed by atoms with Crippen LogP contribution in [0.2, 0.25) is 0 Å². The molecule has 2 aliphatic heterocycles. The number of amidine groups is 1. The van der Waals surface area contributed by atoms with Crippen LogP contribution in [-0.4, -0.2) is 47.2 Å². The standard InChI is InChI=1S/C35H38N4O5.H2/c1-35(2,3)44-34(41)36-19-9-4-5-10-20-42-27-17-15-26(16-18-27)31-24-39-32(29(37-31)22-25-12-7-6-8-13-25)38-30(33(39)40)23-28-14-11-21-43-28;/h6-8,11-18,21,23-24H,4-5,9-10,19-20,22H2,1-3H3,(H,36,41);1H/b30-23-;. The summed E-state index contributed by atoms with van der Waals surface area (Å²) in [4.78, 5) is 36.2. The van der Waals surface area contributed by atoms with Crippen LogP contribution in [0.3, 0.4) is 0 Å². The first-order valence-electron chi connectivity index (χ1n) is 15.0. The molecule has 0 saturated heterocycles. The number of unbranched alkanes of at least 4 members (excludes halogenated alkanes) is 3. The van der Waals surface area contributed by atoms with Gasteiger partial charge < -0.3 is 19.2 Å². The van der Waals surface area contributed by atoms with Crippen LogP contribution in [0.25, 0.3) is 11.8 Å². The van der Waals surface area contributed by atoms with Crippen molar-refractivity contribution in [3.05, 3.63) is 102 Å². The van der Waals surface area contributed by atoms with Gasteiger partial charge in [-0.3, -0.25) is 9.69 Å². The first-order valence-corrected chi connectivity index (χ1v) is 15.0. The van der Waals surface area contributed by atoms with Crippen LogP contribution < -0.4 is 10.1 Å². The monoisotopic (exact) mass is 596 g/mol. The summed E-state index contributed by atoms with van der Waals surface area (Å²) in [5.74, 6) is 1.64. The number of rotatable bonds is 12. The number of aliphatic imine (C=N–C) groups is 2. The van der Waals surface area contributed by atoms with Gasteiger partial charge in [0.15, 0.2) is 5.84 Å². The van der Waals surface area contributed by atoms with E-state index in [-0.39, 0.29) is 13.4 Å². The zero-order valence-corrected chi connectivity index (χ0v) is 25.4. The van der Waals surface area contributed by atoms with Gasteiger partial charge in [0, 0.05) is 32.2 Å². The van der Waals surface area contributed by atoms with Crippen LogP contribution in [0.15, 0.2) is 99.3 Å². The third kappa shape index (κ3) is 8.34. The van der Waals surface area contributed by atoms with Gasteiger partial charge in [-0.1, -0.05) is 43.2 Å². The predicted octanol–water partition coefficient (Wildman–Crippen LogP) is 7.27. The van der Waals surface area contributed by atoms with Crippen molar-refractivity contribution in [1.29, 1.82) is 0 Å². The molecule has 9 nitrogen and oxygen atoms in total. The number of carbonyl (C=O) groups excluding carboxylic acids is 2. The van der Waals surface area contributed by atoms with Crippen LogP contribution in [0.1, 0.15) is 64.8 Å². The highest BCUT2D eigenvalue weighted by atomic mass is 16.6. The molecule has 3 heterocycles. The Kier molecular flexibility index (Phi) is 9.74. The van der Waals surface area contributed by atoms with Crippen LogP contribution in [0.4, 0.5) is 4.79 Å². The number of hydrogen-bond donors (Lipinski definition) is 1. The number of furan rings is 1. The number of ether oxygens (including phenoxy) is 2. The van der Waals surface area contributed by atoms with Crippen molar-refractivity contribution in [2.24, 2.45) is 9.98 Å². The fourth-order valence-corrected chi connectivity index (χ4v) is 4.75. The second-order valence-corrected chi connectivity index (χ2v) is 11.6. The Balaban J connectivity index is 0.00000461. The van der Waals surface area contributed by atoms with Crippen molar-refractivity contribution in [3.8, 4) is 5.75 Å². The molecule has 44 heavy (non-hydrogen) atoms. The van der Waals surface area contributed by atoms with Crippen molar-refractivity contribution < 1.29 is 24.9 Å². The molecule has 2 aliphatic rings. The molecule has 2 amide bonds. The molecule has 0 fully saturated rings. The Morgan fingerprint density at radius 1 is 0.977 bits per heavy atom. The first-order chi connectivity index (χ1) is 21.2. The molecule has 2 aromatic carbocycles. The average Bonchev–Trinajstić information content (AvgIpc) is 3.62. The van der Waals surface area contributed by atoms with E-state index in [2.05, 4.69) is 10.3 Å². The Morgan fingerprint density at radius 3 is 2.48 bits per heavy atom. The Bertz CT molecular complexity index is 1570. The van der Waals surface area contributed by atoms with Crippen LogP contribution in [-0.2, 0) is 16.0 Å². The van der Waals surface area contributed by atoms with Crippen LogP contribution in [0.5, 0.6) is 5.75 Å². The van der Waals surface area contributed by atoms with Gasteiger partial charge in [0.05, 0.1) is 24.3 Å². The molecular formula is C35H40N4O5. The third-order valence-electron chi connectivity index (χ3n) is 6.85. The third-order valence-corrected chi connectivity index (χ3v) is 6.85. The van der Waals surface area contributed by atoms with Crippen LogP contribution in [0, 0.1) is 0 Å². The summed E-state index contributed by atoms with van der Waals surface area (Å²) in [6.07, 6.45) is 8.92. The van der Waals surface area contributed by atoms with Gasteiger partial charge in [0.2, 0.25) is 0 Å². The summed E-state index contributed by atoms with van der Waals surface area (Å²) in [7, 11) is 0. The summed E-state index contributed by atoms with van der Waals surface area (Å²) >= 11 is 0. The van der Waals surface area contributed by atoms with Gasteiger partial charge in [0.1, 0.15) is 22.8 Å². The van der Waals surface area contributed by atoms with E-state index < -0.39 is 5.60 Å². The minimum atomic E-state index is -0.487. The SMILES string of the molecule is CC(C)(C)OC(=O)NCCCCCCOc1ccc(C2=CN3C(=O)/C(=C/c4ccco4)N=C3C(Cc3ccccc3)=N2)cc1.[HH]. The molecule has 5 rings (SSSR count). The van der Waals surface area contributed by atoms with E-state index in [1.165, 1.54) is 0 Å². The fraction of sp³-hybridized carbons (Fsp3) is 0.314. The molecule has 230 valence electrons. The number of carbonyl (C=O) groups is 2. The maximum Gasteiger partial charge on any atom is 0.407 e. The van der Waals surface area contributed by atoms with Gasteiger partial charge >= 0.3 is 6.09 Å². The minimum absolute atomic E-state index is 0. The van der Waals surface area contributed by atoms with Crippen molar-refractivity contribution in [1.82, 2.24) is 10.2 Å². The van der Waals surface area contributed by atoms with E-state index in [0.29, 0.717) is 48.3 Å². The molecule has 1 aromatic heterocycles. The normalized spacial score (nSPS) is 15.4. The second kappa shape index (κ2) is 14.0. The van der Waals surface area contributed by atoms with E-state index in [0.717, 1.165) is 42.6 Å². The molecule has 9 heteroatoms. The van der Waals surface area contributed by atoms with Gasteiger partial charge in [-0.15, -0.1) is 0 Å². The lowest BCUT2D eigenvalue weighted by Crippen LogP contribution is -2.36. The molecular weight excluding hydrogens is 556 g/mol. The zero-order chi connectivity index (χ0) is 30.9. The van der Waals surface area contributed by atoms with E-state index in [1.54, 1.807) is 35.6 Å². The molecule has 0 atom stereocenters. The number of alkyl carbamates (subject to hydrolysis) is 1. The van der Waals surface area contributed by atoms with Crippen molar-refractivity contribution in [2.75, 3.05) is 13.2 Å². The summed E-state index contributed by atoms with van der Waals surface area (Å²) in [6, 6.07) is 21.3. The highest BCUT2D eigenvalue weighted by Crippen LogP contribution is 2.29. The fourth-order valence-electron chi connectivity index (χ4n) is 4.75. The Labute approximate surface area is 259 Å². The van der Waals surface area contributed by atoms with E-state index in [4.69, 9.17) is 18.9 Å². The van der Waals surface area contributed by atoms with E-state index in [1.807, 2.05) is 75.4 Å². The first kappa shape index (κ1) is 30.5. The number of hydrogen-bond acceptors (Lipinski definition) is 7. The van der Waals surface area contributed by atoms with Gasteiger partial charge in [0.25, 0.3) is 5.91 Å². The Morgan fingerprint density at radius 2 is 1.75 bits per heavy atom. The zero-order valence-electron chi connectivity index (χ0n) is 25.4. The molecule has 1 N–H and O–H groups in total. The summed E-state index contributed by atoms with van der Waals surface area (Å²) in [5.41, 5.74) is 3.15. The lowest BCUT2D eigenvalue weighted by atomic mass is 10.0. The molecule has 3 aromatic rings. The summed E-state index contributed by atoms with van der Waals surface area (Å²) in [6.45, 7) is 6.75. The van der Waals surface area contributed by atoms with Crippen molar-refractivity contribution in [3.63, 3.8) is 0 Å². The molecule has 0 saturated carbocycles. The lowest BCUT2D eigenvalue weighted by molar-refractivity contribution is -0.120. The number of nitrogens with zero attached hydrogens (tertiary/aromatic N) is 3. The predicted molar refractivity (Wildman–Crippen MR) is 173 cm³/mol. The maximum absolute atomic E-state index is 13.4. The maximum atomic E-state index is 13.4. The van der Waals surface area contributed by atoms with Crippen molar-refractivity contribution in [2.45, 2.75) is 58.5 Å². The summed E-state index contributed by atoms with van der Waals surface area (Å²) in [5, 5.41) is 2.79. The lowest BCUT2D eigenvalue weighted by Gasteiger charge is -2.22.